The number of imidazole rings is 1. The molecule has 7 heteroatoms. The van der Waals surface area contributed by atoms with Crippen LogP contribution in [0.3, 0.4) is 0 Å². The van der Waals surface area contributed by atoms with Gasteiger partial charge in [0.05, 0.1) is 43.9 Å². The molecule has 0 bridgehead atoms. The average molecular weight is 257 g/mol. The average Bonchev–Trinajstić information content (AvgIpc) is 2.69. The van der Waals surface area contributed by atoms with Gasteiger partial charge in [-0.15, -0.1) is 0 Å². The summed E-state index contributed by atoms with van der Waals surface area (Å²) in [6.45, 7) is 4.96. The second-order valence-corrected chi connectivity index (χ2v) is 4.68. The molecule has 0 atom stereocenters. The Labute approximate surface area is 104 Å². The van der Waals surface area contributed by atoms with Crippen LogP contribution in [-0.4, -0.2) is 52.8 Å². The second-order valence-electron chi connectivity index (χ2n) is 3.74. The Morgan fingerprint density at radius 2 is 2.29 bits per heavy atom. The van der Waals surface area contributed by atoms with Crippen molar-refractivity contribution in [2.75, 3.05) is 37.1 Å². The van der Waals surface area contributed by atoms with E-state index in [1.807, 2.05) is 11.6 Å². The van der Waals surface area contributed by atoms with Gasteiger partial charge < -0.3 is 14.9 Å². The fraction of sp³-hybridized carbons (Fsp3) is 0.600. The highest BCUT2D eigenvalue weighted by molar-refractivity contribution is 7.99. The fourth-order valence-corrected chi connectivity index (χ4v) is 2.49. The van der Waals surface area contributed by atoms with Crippen LogP contribution < -0.4 is 5.01 Å². The van der Waals surface area contributed by atoms with Crippen LogP contribution in [0.5, 0.6) is 0 Å². The van der Waals surface area contributed by atoms with Crippen LogP contribution in [0.25, 0.3) is 0 Å². The Morgan fingerprint density at radius 3 is 2.94 bits per heavy atom. The summed E-state index contributed by atoms with van der Waals surface area (Å²) < 4.78 is 7.28. The van der Waals surface area contributed by atoms with Crippen molar-refractivity contribution in [3.05, 3.63) is 11.9 Å². The summed E-state index contributed by atoms with van der Waals surface area (Å²) in [5, 5.41) is 11.6. The maximum Gasteiger partial charge on any atom is 0.313 e. The molecular formula is C10H15N3O3S. The van der Waals surface area contributed by atoms with E-state index in [0.29, 0.717) is 13.2 Å². The van der Waals surface area contributed by atoms with Crippen molar-refractivity contribution in [1.82, 2.24) is 9.66 Å². The number of rotatable bonds is 4. The van der Waals surface area contributed by atoms with Crippen molar-refractivity contribution in [3.8, 4) is 0 Å². The SMILES string of the molecule is Cc1cnc(SCC(=O)O)n1N1CCOCC1. The minimum Gasteiger partial charge on any atom is -0.481 e. The van der Waals surface area contributed by atoms with E-state index in [4.69, 9.17) is 9.84 Å². The van der Waals surface area contributed by atoms with Gasteiger partial charge in [-0.25, -0.2) is 9.66 Å². The van der Waals surface area contributed by atoms with Crippen molar-refractivity contribution in [1.29, 1.82) is 0 Å². The highest BCUT2D eigenvalue weighted by Gasteiger charge is 2.17. The zero-order valence-electron chi connectivity index (χ0n) is 9.63. The van der Waals surface area contributed by atoms with E-state index < -0.39 is 5.97 Å². The molecule has 0 aliphatic carbocycles. The van der Waals surface area contributed by atoms with Crippen LogP contribution in [0.15, 0.2) is 11.4 Å². The van der Waals surface area contributed by atoms with E-state index in [9.17, 15) is 4.79 Å². The number of aromatic nitrogens is 2. The van der Waals surface area contributed by atoms with Crippen LogP contribution >= 0.6 is 11.8 Å². The maximum atomic E-state index is 10.6. The standard InChI is InChI=1S/C10H15N3O3S/c1-8-6-11-10(17-7-9(14)15)13(8)12-2-4-16-5-3-12/h6H,2-5,7H2,1H3,(H,14,15). The molecule has 0 amide bonds. The van der Waals surface area contributed by atoms with Gasteiger partial charge in [0.2, 0.25) is 0 Å². The highest BCUT2D eigenvalue weighted by atomic mass is 32.2. The minimum absolute atomic E-state index is 0.0286. The lowest BCUT2D eigenvalue weighted by Crippen LogP contribution is -2.44. The molecule has 6 nitrogen and oxygen atoms in total. The van der Waals surface area contributed by atoms with Gasteiger partial charge in [-0.05, 0) is 6.92 Å². The molecule has 17 heavy (non-hydrogen) atoms. The van der Waals surface area contributed by atoms with Gasteiger partial charge in [0.1, 0.15) is 0 Å². The van der Waals surface area contributed by atoms with Crippen LogP contribution in [0.1, 0.15) is 5.69 Å². The van der Waals surface area contributed by atoms with Gasteiger partial charge in [0.25, 0.3) is 0 Å². The van der Waals surface area contributed by atoms with Crippen molar-refractivity contribution in [2.24, 2.45) is 0 Å². The molecule has 0 radical (unpaired) electrons. The molecule has 1 fully saturated rings. The Hall–Kier alpha value is -1.21. The zero-order valence-corrected chi connectivity index (χ0v) is 10.4. The smallest absolute Gasteiger partial charge is 0.313 e. The summed E-state index contributed by atoms with van der Waals surface area (Å²) in [5.74, 6) is -0.801. The van der Waals surface area contributed by atoms with Crippen molar-refractivity contribution < 1.29 is 14.6 Å². The first-order valence-electron chi connectivity index (χ1n) is 5.40. The Bertz CT molecular complexity index is 402. The van der Waals surface area contributed by atoms with Crippen molar-refractivity contribution >= 4 is 17.7 Å². The van der Waals surface area contributed by atoms with Gasteiger partial charge in [-0.2, -0.15) is 0 Å². The number of aryl methyl sites for hydroxylation is 1. The molecule has 1 aliphatic rings. The van der Waals surface area contributed by atoms with Gasteiger partial charge in [0.15, 0.2) is 5.16 Å². The lowest BCUT2D eigenvalue weighted by Gasteiger charge is -2.31. The quantitative estimate of drug-likeness (QED) is 0.784. The predicted molar refractivity (Wildman–Crippen MR) is 64.1 cm³/mol. The molecule has 0 spiro atoms. The third-order valence-corrected chi connectivity index (χ3v) is 3.40. The minimum atomic E-state index is -0.829. The first-order valence-corrected chi connectivity index (χ1v) is 6.39. The molecular weight excluding hydrogens is 242 g/mol. The summed E-state index contributed by atoms with van der Waals surface area (Å²) in [5.41, 5.74) is 1.01. The molecule has 0 saturated carbocycles. The highest BCUT2D eigenvalue weighted by Crippen LogP contribution is 2.19. The largest absolute Gasteiger partial charge is 0.481 e. The van der Waals surface area contributed by atoms with Crippen molar-refractivity contribution in [2.45, 2.75) is 12.1 Å². The van der Waals surface area contributed by atoms with E-state index in [1.165, 1.54) is 11.8 Å². The molecule has 1 aliphatic heterocycles. The van der Waals surface area contributed by atoms with Gasteiger partial charge in [-0.1, -0.05) is 11.8 Å². The molecule has 1 N–H and O–H groups in total. The molecule has 1 aromatic heterocycles. The summed E-state index contributed by atoms with van der Waals surface area (Å²) in [6.07, 6.45) is 1.76. The molecule has 2 rings (SSSR count). The monoisotopic (exact) mass is 257 g/mol. The number of carbonyl (C=O) groups is 1. The van der Waals surface area contributed by atoms with Crippen LogP contribution in [0, 0.1) is 6.92 Å². The first-order chi connectivity index (χ1) is 8.18. The molecule has 0 unspecified atom stereocenters. The number of morpholine rings is 1. The lowest BCUT2D eigenvalue weighted by molar-refractivity contribution is -0.133. The van der Waals surface area contributed by atoms with Crippen LogP contribution in [-0.2, 0) is 9.53 Å². The third-order valence-electron chi connectivity index (χ3n) is 2.47. The maximum absolute atomic E-state index is 10.6. The Kier molecular flexibility index (Phi) is 3.90. The number of ether oxygens (including phenoxy) is 1. The van der Waals surface area contributed by atoms with Gasteiger partial charge >= 0.3 is 5.97 Å². The fourth-order valence-electron chi connectivity index (χ4n) is 1.73. The second kappa shape index (κ2) is 5.42. The molecule has 94 valence electrons. The number of carboxylic acids is 1. The molecule has 1 saturated heterocycles. The number of aliphatic carboxylic acids is 1. The first kappa shape index (κ1) is 12.3. The van der Waals surface area contributed by atoms with Crippen LogP contribution in [0.4, 0.5) is 0 Å². The summed E-state index contributed by atoms with van der Waals surface area (Å²) in [7, 11) is 0. The lowest BCUT2D eigenvalue weighted by atomic mass is 10.5. The number of hydrogen-bond acceptors (Lipinski definition) is 5. The van der Waals surface area contributed by atoms with Crippen molar-refractivity contribution in [3.63, 3.8) is 0 Å². The molecule has 0 aromatic carbocycles. The van der Waals surface area contributed by atoms with E-state index in [1.54, 1.807) is 6.20 Å². The summed E-state index contributed by atoms with van der Waals surface area (Å²) >= 11 is 1.24. The van der Waals surface area contributed by atoms with E-state index in [0.717, 1.165) is 23.9 Å². The number of thioether (sulfide) groups is 1. The van der Waals surface area contributed by atoms with Gasteiger partial charge in [0, 0.05) is 0 Å². The zero-order chi connectivity index (χ0) is 12.3. The van der Waals surface area contributed by atoms with E-state index >= 15 is 0 Å². The Balaban J connectivity index is 2.13. The normalized spacial score (nSPS) is 16.2. The summed E-state index contributed by atoms with van der Waals surface area (Å²) in [4.78, 5) is 14.8. The number of nitrogens with zero attached hydrogens (tertiary/aromatic N) is 3. The van der Waals surface area contributed by atoms with Gasteiger partial charge in [-0.3, -0.25) is 4.79 Å². The van der Waals surface area contributed by atoms with E-state index in [-0.39, 0.29) is 5.75 Å². The molecule has 1 aromatic rings. The third kappa shape index (κ3) is 2.92. The topological polar surface area (TPSA) is 67.6 Å². The number of hydrogen-bond donors (Lipinski definition) is 1. The van der Waals surface area contributed by atoms with E-state index in [2.05, 4.69) is 9.99 Å². The molecule has 2 heterocycles. The number of carboxylic acid groups (broad SMARTS) is 1. The summed E-state index contributed by atoms with van der Waals surface area (Å²) in [6, 6.07) is 0. The van der Waals surface area contributed by atoms with Crippen LogP contribution in [0.2, 0.25) is 0 Å². The Morgan fingerprint density at radius 1 is 1.59 bits per heavy atom. The predicted octanol–water partition coefficient (Wildman–Crippen LogP) is 0.336.